The summed E-state index contributed by atoms with van der Waals surface area (Å²) in [6.07, 6.45) is 0.836. The Balaban J connectivity index is 1.35. The van der Waals surface area contributed by atoms with Crippen LogP contribution >= 0.6 is 0 Å². The summed E-state index contributed by atoms with van der Waals surface area (Å²) in [5.41, 5.74) is 19.3. The molecule has 0 amide bonds. The van der Waals surface area contributed by atoms with E-state index in [2.05, 4.69) is 30.7 Å². The Morgan fingerprint density at radius 1 is 0.596 bits per heavy atom. The largest absolute Gasteiger partial charge is 0.508 e. The van der Waals surface area contributed by atoms with E-state index in [-0.39, 0.29) is 22.5 Å². The highest BCUT2D eigenvalue weighted by atomic mass is 32.2. The molecule has 6 rings (SSSR count). The van der Waals surface area contributed by atoms with Gasteiger partial charge in [0.1, 0.15) is 10.7 Å². The second-order valence-corrected chi connectivity index (χ2v) is 14.3. The summed E-state index contributed by atoms with van der Waals surface area (Å²) in [4.78, 5) is -1.66. The van der Waals surface area contributed by atoms with Gasteiger partial charge in [-0.15, -0.1) is 10.2 Å². The smallest absolute Gasteiger partial charge is 0.295 e. The lowest BCUT2D eigenvalue weighted by molar-refractivity contribution is 0.375. The first-order chi connectivity index (χ1) is 24.6. The van der Waals surface area contributed by atoms with Gasteiger partial charge in [0.25, 0.3) is 20.2 Å². The maximum Gasteiger partial charge on any atom is 0.295 e. The number of nitrogens with zero attached hydrogens (tertiary/aromatic N) is 6. The van der Waals surface area contributed by atoms with E-state index in [0.717, 1.165) is 29.3 Å². The van der Waals surface area contributed by atoms with Crippen molar-refractivity contribution in [2.24, 2.45) is 36.4 Å². The van der Waals surface area contributed by atoms with Crippen molar-refractivity contribution in [1.29, 1.82) is 0 Å². The molecule has 5 aromatic carbocycles. The Morgan fingerprint density at radius 3 is 1.65 bits per heavy atom. The fraction of sp³-hybridized carbons (Fsp3) is 0.0588. The van der Waals surface area contributed by atoms with Gasteiger partial charge in [-0.05, 0) is 83.4 Å². The lowest BCUT2D eigenvalue weighted by Gasteiger charge is -2.35. The van der Waals surface area contributed by atoms with E-state index in [1.807, 2.05) is 12.1 Å². The molecule has 5 aromatic rings. The predicted molar refractivity (Wildman–Crippen MR) is 194 cm³/mol. The molecule has 0 saturated carbocycles. The molecule has 2 unspecified atom stereocenters. The van der Waals surface area contributed by atoms with Gasteiger partial charge in [-0.1, -0.05) is 42.5 Å². The van der Waals surface area contributed by atoms with Crippen LogP contribution in [0.1, 0.15) is 17.2 Å². The topological polar surface area (TPSA) is 281 Å². The minimum Gasteiger partial charge on any atom is -0.508 e. The van der Waals surface area contributed by atoms with Crippen LogP contribution in [0.5, 0.6) is 5.75 Å². The Bertz CT molecular complexity index is 2510. The summed E-state index contributed by atoms with van der Waals surface area (Å²) in [6.45, 7) is 0. The lowest BCUT2D eigenvalue weighted by atomic mass is 9.85. The predicted octanol–water partition coefficient (Wildman–Crippen LogP) is 7.39. The molecule has 18 heteroatoms. The zero-order valence-electron chi connectivity index (χ0n) is 26.8. The first-order valence-corrected chi connectivity index (χ1v) is 18.0. The maximum absolute atomic E-state index is 12.9. The van der Waals surface area contributed by atoms with Crippen molar-refractivity contribution >= 4 is 60.4 Å². The first kappa shape index (κ1) is 35.6. The Labute approximate surface area is 297 Å². The number of hydrogen-bond donors (Lipinski definition) is 6. The second kappa shape index (κ2) is 13.9. The molecule has 0 fully saturated rings. The fourth-order valence-electron chi connectivity index (χ4n) is 5.29. The molecule has 9 N–H and O–H groups in total. The van der Waals surface area contributed by atoms with Crippen LogP contribution in [0, 0.1) is 0 Å². The number of phenolic OH excluding ortho intramolecular Hbond substituents is 1. The minimum absolute atomic E-state index is 0.193. The number of benzene rings is 5. The monoisotopic (exact) mass is 739 g/mol. The zero-order valence-corrected chi connectivity index (χ0v) is 28.4. The normalized spacial score (nSPS) is 17.8. The van der Waals surface area contributed by atoms with E-state index in [0.29, 0.717) is 22.7 Å². The van der Waals surface area contributed by atoms with Crippen molar-refractivity contribution in [3.63, 3.8) is 0 Å². The van der Waals surface area contributed by atoms with Crippen LogP contribution in [-0.4, -0.2) is 36.7 Å². The summed E-state index contributed by atoms with van der Waals surface area (Å²) in [5, 5.41) is 36.0. The van der Waals surface area contributed by atoms with Gasteiger partial charge in [0, 0.05) is 11.6 Å². The number of hydrogen-bond acceptors (Lipinski definition) is 14. The van der Waals surface area contributed by atoms with Crippen LogP contribution in [0.3, 0.4) is 0 Å². The van der Waals surface area contributed by atoms with Crippen molar-refractivity contribution in [2.75, 3.05) is 11.5 Å². The van der Waals surface area contributed by atoms with Crippen LogP contribution < -0.4 is 17.2 Å². The molecule has 0 heterocycles. The van der Waals surface area contributed by atoms with Crippen LogP contribution in [0.25, 0.3) is 17.2 Å². The van der Waals surface area contributed by atoms with E-state index in [1.54, 1.807) is 84.9 Å². The molecule has 1 aliphatic rings. The van der Waals surface area contributed by atoms with Crippen molar-refractivity contribution in [3.8, 4) is 16.9 Å². The second-order valence-electron chi connectivity index (χ2n) is 11.5. The minimum atomic E-state index is -5.19. The average Bonchev–Trinajstić information content (AvgIpc) is 3.11. The number of aromatic hydroxyl groups is 1. The van der Waals surface area contributed by atoms with Gasteiger partial charge in [-0.25, -0.2) is 0 Å². The molecule has 0 aliphatic heterocycles. The average molecular weight is 740 g/mol. The van der Waals surface area contributed by atoms with E-state index >= 15 is 0 Å². The third-order valence-corrected chi connectivity index (χ3v) is 9.75. The summed E-state index contributed by atoms with van der Waals surface area (Å²) in [7, 11) is -10.0. The molecule has 1 aliphatic carbocycles. The highest BCUT2D eigenvalue weighted by Gasteiger charge is 2.52. The van der Waals surface area contributed by atoms with Gasteiger partial charge in [0.15, 0.2) is 0 Å². The number of fused-ring (bicyclic) bond motifs is 1. The van der Waals surface area contributed by atoms with Crippen LogP contribution in [0.15, 0.2) is 150 Å². The Morgan fingerprint density at radius 2 is 1.12 bits per heavy atom. The van der Waals surface area contributed by atoms with Crippen molar-refractivity contribution in [2.45, 2.75) is 16.6 Å². The van der Waals surface area contributed by atoms with E-state index < -0.39 is 47.5 Å². The first-order valence-electron chi connectivity index (χ1n) is 15.1. The van der Waals surface area contributed by atoms with Gasteiger partial charge in [-0.3, -0.25) is 9.11 Å². The van der Waals surface area contributed by atoms with Gasteiger partial charge in [0.05, 0.1) is 45.1 Å². The molecule has 0 aromatic heterocycles. The highest BCUT2D eigenvalue weighted by molar-refractivity contribution is 7.90. The molecule has 0 bridgehead atoms. The molecular weight excluding hydrogens is 711 g/mol. The van der Waals surface area contributed by atoms with Crippen LogP contribution in [0.4, 0.5) is 34.1 Å². The number of nitrogens with two attached hydrogens (primary N) is 3. The van der Waals surface area contributed by atoms with Gasteiger partial charge >= 0.3 is 0 Å². The molecule has 0 radical (unpaired) electrons. The van der Waals surface area contributed by atoms with E-state index in [1.165, 1.54) is 0 Å². The molecule has 16 nitrogen and oxygen atoms in total. The Kier molecular flexibility index (Phi) is 9.49. The Hall–Kier alpha value is -6.18. The van der Waals surface area contributed by atoms with E-state index in [9.17, 15) is 31.0 Å². The molecule has 0 saturated heterocycles. The zero-order chi connectivity index (χ0) is 37.3. The summed E-state index contributed by atoms with van der Waals surface area (Å²) < 4.78 is 69.4. The number of nitrogen functional groups attached to an aromatic ring is 2. The maximum atomic E-state index is 12.9. The van der Waals surface area contributed by atoms with E-state index in [4.69, 9.17) is 17.2 Å². The van der Waals surface area contributed by atoms with Crippen molar-refractivity contribution < 1.29 is 31.0 Å². The summed E-state index contributed by atoms with van der Waals surface area (Å²) >= 11 is 0. The number of phenols is 1. The van der Waals surface area contributed by atoms with Crippen molar-refractivity contribution in [3.05, 3.63) is 125 Å². The summed E-state index contributed by atoms with van der Waals surface area (Å²) in [5.74, 6) is -0.718. The standard InChI is InChI=1S/C34H29N9O7S2/c35-28-15-14-26(18-29(28)36)39-38-24-10-6-20(7-11-24)21-8-12-25(13-9-21)41-43-34(42-40-23-4-2-1-3-5-23)31(52(48,49)50)17-22-16-27(51(45,46)47)19-30(44)32(22)33(34)37/h1-19,33,44H,35-37H2,(H,45,46,47)(H,48,49,50). The molecule has 264 valence electrons. The molecule has 52 heavy (non-hydrogen) atoms. The highest BCUT2D eigenvalue weighted by Crippen LogP contribution is 2.49. The lowest BCUT2D eigenvalue weighted by Crippen LogP contribution is -2.44. The molecular formula is C34H29N9O7S2. The number of rotatable bonds is 9. The quantitative estimate of drug-likeness (QED) is 0.0495. The van der Waals surface area contributed by atoms with Crippen LogP contribution in [-0.2, 0) is 20.2 Å². The molecule has 2 atom stereocenters. The number of azo groups is 3. The van der Waals surface area contributed by atoms with Gasteiger partial charge < -0.3 is 22.3 Å². The van der Waals surface area contributed by atoms with Crippen molar-refractivity contribution in [1.82, 2.24) is 0 Å². The fourth-order valence-corrected chi connectivity index (χ4v) is 6.69. The third-order valence-electron chi connectivity index (χ3n) is 7.94. The SMILES string of the molecule is Nc1ccc(N=Nc2ccc(-c3ccc(N=NC4(N=Nc5ccccc5)C(S(=O)(=O)O)=Cc5cc(S(=O)(=O)O)cc(O)c5C4N)cc3)cc2)cc1N. The molecule has 0 spiro atoms. The van der Waals surface area contributed by atoms with Crippen LogP contribution in [0.2, 0.25) is 0 Å². The van der Waals surface area contributed by atoms with Gasteiger partial charge in [0.2, 0.25) is 5.66 Å². The summed E-state index contributed by atoms with van der Waals surface area (Å²) in [6, 6.07) is 26.9. The number of anilines is 2. The third kappa shape index (κ3) is 7.45. The van der Waals surface area contributed by atoms with Gasteiger partial charge in [-0.2, -0.15) is 37.3 Å².